The third-order valence-corrected chi connectivity index (χ3v) is 4.63. The van der Waals surface area contributed by atoms with Crippen LogP contribution in [0.1, 0.15) is 16.1 Å². The van der Waals surface area contributed by atoms with Gasteiger partial charge in [0.25, 0.3) is 5.91 Å². The fraction of sp³-hybridized carbons (Fsp3) is 0.158. The standard InChI is InChI=1S/C19H19N5O2S/c1-24(2)15-7-5-6-13(10-15)18(26)23-22-17(25)11-14-12-27-19(21-14)16-8-3-4-9-20-16/h3-10,12H,11H2,1-2H3,(H,22,25)(H,23,26). The van der Waals surface area contributed by atoms with Gasteiger partial charge in [0.05, 0.1) is 17.8 Å². The van der Waals surface area contributed by atoms with E-state index in [1.54, 1.807) is 24.4 Å². The summed E-state index contributed by atoms with van der Waals surface area (Å²) in [6, 6.07) is 12.7. The quantitative estimate of drug-likeness (QED) is 0.662. The van der Waals surface area contributed by atoms with Gasteiger partial charge in [0.15, 0.2) is 0 Å². The molecule has 2 aromatic heterocycles. The van der Waals surface area contributed by atoms with E-state index in [4.69, 9.17) is 0 Å². The van der Waals surface area contributed by atoms with Crippen LogP contribution in [0.2, 0.25) is 0 Å². The number of hydrogen-bond donors (Lipinski definition) is 2. The van der Waals surface area contributed by atoms with E-state index in [1.165, 1.54) is 11.3 Å². The van der Waals surface area contributed by atoms with Crippen molar-refractivity contribution in [3.05, 3.63) is 65.3 Å². The van der Waals surface area contributed by atoms with Gasteiger partial charge >= 0.3 is 0 Å². The number of aromatic nitrogens is 2. The molecule has 2 amide bonds. The molecule has 0 aliphatic carbocycles. The van der Waals surface area contributed by atoms with Gasteiger partial charge in [0, 0.05) is 36.9 Å². The summed E-state index contributed by atoms with van der Waals surface area (Å²) in [6.45, 7) is 0. The average molecular weight is 381 g/mol. The lowest BCUT2D eigenvalue weighted by molar-refractivity contribution is -0.121. The fourth-order valence-corrected chi connectivity index (χ4v) is 3.12. The molecule has 0 saturated heterocycles. The molecule has 27 heavy (non-hydrogen) atoms. The first-order chi connectivity index (χ1) is 13.0. The molecule has 2 N–H and O–H groups in total. The van der Waals surface area contributed by atoms with E-state index in [0.717, 1.165) is 16.4 Å². The summed E-state index contributed by atoms with van der Waals surface area (Å²) >= 11 is 1.42. The molecule has 0 radical (unpaired) electrons. The Bertz CT molecular complexity index is 940. The maximum atomic E-state index is 12.2. The number of nitrogens with one attached hydrogen (secondary N) is 2. The molecule has 0 aliphatic heterocycles. The molecule has 1 aromatic carbocycles. The predicted octanol–water partition coefficient (Wildman–Crippen LogP) is 2.27. The van der Waals surface area contributed by atoms with Gasteiger partial charge in [0.1, 0.15) is 5.01 Å². The maximum absolute atomic E-state index is 12.2. The lowest BCUT2D eigenvalue weighted by atomic mass is 10.2. The molecule has 2 heterocycles. The SMILES string of the molecule is CN(C)c1cccc(C(=O)NNC(=O)Cc2csc(-c3ccccn3)n2)c1. The molecule has 0 bridgehead atoms. The highest BCUT2D eigenvalue weighted by molar-refractivity contribution is 7.13. The van der Waals surface area contributed by atoms with Gasteiger partial charge in [-0.05, 0) is 30.3 Å². The topological polar surface area (TPSA) is 87.2 Å². The Morgan fingerprint density at radius 1 is 1.11 bits per heavy atom. The summed E-state index contributed by atoms with van der Waals surface area (Å²) in [5.41, 5.74) is 7.61. The lowest BCUT2D eigenvalue weighted by Gasteiger charge is -2.13. The first-order valence-electron chi connectivity index (χ1n) is 8.25. The van der Waals surface area contributed by atoms with Crippen molar-refractivity contribution in [2.45, 2.75) is 6.42 Å². The van der Waals surface area contributed by atoms with Crippen molar-refractivity contribution in [3.8, 4) is 10.7 Å². The molecule has 3 aromatic rings. The highest BCUT2D eigenvalue weighted by Crippen LogP contribution is 2.21. The van der Waals surface area contributed by atoms with Gasteiger partial charge in [0.2, 0.25) is 5.91 Å². The second kappa shape index (κ2) is 8.41. The van der Waals surface area contributed by atoms with E-state index in [1.807, 2.05) is 48.6 Å². The number of rotatable bonds is 5. The van der Waals surface area contributed by atoms with Crippen molar-refractivity contribution in [2.75, 3.05) is 19.0 Å². The summed E-state index contributed by atoms with van der Waals surface area (Å²) in [7, 11) is 3.79. The molecule has 138 valence electrons. The molecule has 8 heteroatoms. The van der Waals surface area contributed by atoms with Crippen LogP contribution < -0.4 is 15.8 Å². The molecule has 0 aliphatic rings. The largest absolute Gasteiger partial charge is 0.378 e. The van der Waals surface area contributed by atoms with E-state index in [0.29, 0.717) is 11.3 Å². The van der Waals surface area contributed by atoms with Gasteiger partial charge in [-0.15, -0.1) is 11.3 Å². The zero-order valence-electron chi connectivity index (χ0n) is 15.0. The number of amides is 2. The molecule has 0 fully saturated rings. The zero-order valence-corrected chi connectivity index (χ0v) is 15.8. The summed E-state index contributed by atoms with van der Waals surface area (Å²) < 4.78 is 0. The third-order valence-electron chi connectivity index (χ3n) is 3.72. The third kappa shape index (κ3) is 4.89. The number of pyridine rings is 1. The van der Waals surface area contributed by atoms with E-state index < -0.39 is 0 Å². The minimum Gasteiger partial charge on any atom is -0.378 e. The number of anilines is 1. The Morgan fingerprint density at radius 3 is 2.70 bits per heavy atom. The summed E-state index contributed by atoms with van der Waals surface area (Å²) in [5.74, 6) is -0.718. The Balaban J connectivity index is 1.55. The van der Waals surface area contributed by atoms with E-state index >= 15 is 0 Å². The highest BCUT2D eigenvalue weighted by atomic mass is 32.1. The normalized spacial score (nSPS) is 10.3. The van der Waals surface area contributed by atoms with Crippen LogP contribution in [-0.2, 0) is 11.2 Å². The van der Waals surface area contributed by atoms with Crippen LogP contribution in [0, 0.1) is 0 Å². The van der Waals surface area contributed by atoms with Crippen LogP contribution in [0.25, 0.3) is 10.7 Å². The van der Waals surface area contributed by atoms with Crippen molar-refractivity contribution < 1.29 is 9.59 Å². The van der Waals surface area contributed by atoms with Crippen LogP contribution >= 0.6 is 11.3 Å². The van der Waals surface area contributed by atoms with E-state index in [-0.39, 0.29) is 18.2 Å². The smallest absolute Gasteiger partial charge is 0.269 e. The number of hydrazine groups is 1. The predicted molar refractivity (Wildman–Crippen MR) is 105 cm³/mol. The Kier molecular flexibility index (Phi) is 5.77. The van der Waals surface area contributed by atoms with E-state index in [2.05, 4.69) is 20.8 Å². The number of carbonyl (C=O) groups is 2. The first-order valence-corrected chi connectivity index (χ1v) is 9.13. The summed E-state index contributed by atoms with van der Waals surface area (Å²) in [5, 5.41) is 2.56. The summed E-state index contributed by atoms with van der Waals surface area (Å²) in [6.07, 6.45) is 1.77. The van der Waals surface area contributed by atoms with Crippen molar-refractivity contribution in [2.24, 2.45) is 0 Å². The molecule has 0 saturated carbocycles. The van der Waals surface area contributed by atoms with Crippen molar-refractivity contribution in [1.29, 1.82) is 0 Å². The molecular formula is C19H19N5O2S. The Morgan fingerprint density at radius 2 is 1.96 bits per heavy atom. The molecule has 0 atom stereocenters. The highest BCUT2D eigenvalue weighted by Gasteiger charge is 2.12. The Labute approximate surface area is 161 Å². The molecule has 3 rings (SSSR count). The number of carbonyl (C=O) groups excluding carboxylic acids is 2. The monoisotopic (exact) mass is 381 g/mol. The van der Waals surface area contributed by atoms with Crippen molar-refractivity contribution >= 4 is 28.8 Å². The number of hydrogen-bond acceptors (Lipinski definition) is 6. The van der Waals surface area contributed by atoms with E-state index in [9.17, 15) is 9.59 Å². The molecule has 7 nitrogen and oxygen atoms in total. The molecule has 0 unspecified atom stereocenters. The van der Waals surface area contributed by atoms with Gasteiger partial charge in [-0.2, -0.15) is 0 Å². The van der Waals surface area contributed by atoms with Gasteiger partial charge < -0.3 is 4.90 Å². The van der Waals surface area contributed by atoms with Gasteiger partial charge in [-0.3, -0.25) is 25.4 Å². The van der Waals surface area contributed by atoms with Crippen molar-refractivity contribution in [1.82, 2.24) is 20.8 Å². The van der Waals surface area contributed by atoms with Crippen LogP contribution in [0.4, 0.5) is 5.69 Å². The number of benzene rings is 1. The van der Waals surface area contributed by atoms with Crippen LogP contribution in [0.3, 0.4) is 0 Å². The molecular weight excluding hydrogens is 362 g/mol. The second-order valence-corrected chi connectivity index (χ2v) is 6.84. The zero-order chi connectivity index (χ0) is 19.2. The summed E-state index contributed by atoms with van der Waals surface area (Å²) in [4.78, 5) is 34.8. The first kappa shape index (κ1) is 18.5. The van der Waals surface area contributed by atoms with Crippen LogP contribution in [0.5, 0.6) is 0 Å². The fourth-order valence-electron chi connectivity index (χ4n) is 2.33. The average Bonchev–Trinajstić information content (AvgIpc) is 3.15. The minimum atomic E-state index is -0.375. The lowest BCUT2D eigenvalue weighted by Crippen LogP contribution is -2.42. The maximum Gasteiger partial charge on any atom is 0.269 e. The van der Waals surface area contributed by atoms with Crippen LogP contribution in [-0.4, -0.2) is 35.9 Å². The second-order valence-electron chi connectivity index (χ2n) is 5.98. The van der Waals surface area contributed by atoms with Gasteiger partial charge in [-0.25, -0.2) is 4.98 Å². The Hall–Kier alpha value is -3.26. The number of thiazole rings is 1. The van der Waals surface area contributed by atoms with Crippen LogP contribution in [0.15, 0.2) is 54.0 Å². The van der Waals surface area contributed by atoms with Gasteiger partial charge in [-0.1, -0.05) is 12.1 Å². The molecule has 0 spiro atoms. The number of nitrogens with zero attached hydrogens (tertiary/aromatic N) is 3. The van der Waals surface area contributed by atoms with Crippen molar-refractivity contribution in [3.63, 3.8) is 0 Å². The minimum absolute atomic E-state index is 0.0708.